The van der Waals surface area contributed by atoms with Crippen LogP contribution in [0.3, 0.4) is 0 Å². The van der Waals surface area contributed by atoms with Gasteiger partial charge in [0.05, 0.1) is 17.4 Å². The van der Waals surface area contributed by atoms with E-state index in [1.807, 2.05) is 0 Å². The maximum atomic E-state index is 12.6. The minimum Gasteiger partial charge on any atom is -0.477 e. The van der Waals surface area contributed by atoms with E-state index < -0.39 is 23.6 Å². The number of carbonyl (C=O) groups is 1. The van der Waals surface area contributed by atoms with E-state index in [0.717, 1.165) is 6.20 Å². The second-order valence-electron chi connectivity index (χ2n) is 4.28. The lowest BCUT2D eigenvalue weighted by Crippen LogP contribution is -2.19. The first-order chi connectivity index (χ1) is 9.61. The van der Waals surface area contributed by atoms with Crippen LogP contribution in [0, 0.1) is 0 Å². The van der Waals surface area contributed by atoms with Crippen molar-refractivity contribution in [2.24, 2.45) is 0 Å². The van der Waals surface area contributed by atoms with E-state index in [0.29, 0.717) is 17.0 Å². The normalized spacial score (nSPS) is 12.8. The zero-order chi connectivity index (χ0) is 14.3. The lowest BCUT2D eigenvalue weighted by atomic mass is 10.1. The molecule has 1 aliphatic heterocycles. The maximum Gasteiger partial charge on any atom is 0.341 e. The van der Waals surface area contributed by atoms with Gasteiger partial charge in [0.25, 0.3) is 0 Å². The van der Waals surface area contributed by atoms with E-state index in [9.17, 15) is 14.0 Å². The quantitative estimate of drug-likeness (QED) is 0.918. The number of carboxylic acid groups (broad SMARTS) is 1. The van der Waals surface area contributed by atoms with Gasteiger partial charge < -0.3 is 19.1 Å². The summed E-state index contributed by atoms with van der Waals surface area (Å²) in [6.45, 7) is -0.684. The van der Waals surface area contributed by atoms with Gasteiger partial charge in [0.2, 0.25) is 12.2 Å². The van der Waals surface area contributed by atoms with Gasteiger partial charge in [-0.15, -0.1) is 0 Å². The second kappa shape index (κ2) is 4.52. The molecule has 1 aromatic heterocycles. The molecule has 0 bridgehead atoms. The van der Waals surface area contributed by atoms with Crippen LogP contribution in [0.2, 0.25) is 0 Å². The summed E-state index contributed by atoms with van der Waals surface area (Å²) >= 11 is 0. The van der Waals surface area contributed by atoms with Crippen molar-refractivity contribution in [2.75, 3.05) is 13.5 Å². The zero-order valence-corrected chi connectivity index (χ0v) is 10.3. The van der Waals surface area contributed by atoms with Crippen molar-refractivity contribution in [3.05, 3.63) is 34.1 Å². The van der Waals surface area contributed by atoms with E-state index >= 15 is 0 Å². The first kappa shape index (κ1) is 12.5. The van der Waals surface area contributed by atoms with E-state index in [4.69, 9.17) is 14.6 Å². The van der Waals surface area contributed by atoms with Crippen molar-refractivity contribution in [2.45, 2.75) is 6.54 Å². The van der Waals surface area contributed by atoms with E-state index in [-0.39, 0.29) is 18.7 Å². The zero-order valence-electron chi connectivity index (χ0n) is 10.3. The van der Waals surface area contributed by atoms with Gasteiger partial charge in [-0.2, -0.15) is 0 Å². The number of hydrogen-bond acceptors (Lipinski definition) is 4. The highest BCUT2D eigenvalue weighted by molar-refractivity contribution is 5.93. The van der Waals surface area contributed by atoms with Gasteiger partial charge >= 0.3 is 5.97 Å². The molecule has 0 saturated carbocycles. The van der Waals surface area contributed by atoms with Gasteiger partial charge in [-0.3, -0.25) is 4.79 Å². The van der Waals surface area contributed by atoms with Crippen LogP contribution in [-0.2, 0) is 6.54 Å². The average molecular weight is 279 g/mol. The Morgan fingerprint density at radius 1 is 1.35 bits per heavy atom. The molecule has 0 saturated heterocycles. The minimum absolute atomic E-state index is 0.0365. The number of nitrogens with zero attached hydrogens (tertiary/aromatic N) is 1. The Morgan fingerprint density at radius 3 is 2.70 bits per heavy atom. The Balaban J connectivity index is 2.38. The molecule has 1 N–H and O–H groups in total. The summed E-state index contributed by atoms with van der Waals surface area (Å²) in [7, 11) is 0. The molecule has 7 heteroatoms. The molecule has 104 valence electrons. The highest BCUT2D eigenvalue weighted by Gasteiger charge is 2.20. The summed E-state index contributed by atoms with van der Waals surface area (Å²) in [5.74, 6) is -0.515. The molecule has 2 aromatic rings. The summed E-state index contributed by atoms with van der Waals surface area (Å²) in [4.78, 5) is 23.2. The molecule has 0 radical (unpaired) electrons. The first-order valence-electron chi connectivity index (χ1n) is 5.88. The van der Waals surface area contributed by atoms with E-state index in [1.54, 1.807) is 6.07 Å². The Labute approximate surface area is 112 Å². The average Bonchev–Trinajstić information content (AvgIpc) is 2.87. The van der Waals surface area contributed by atoms with Gasteiger partial charge in [0.1, 0.15) is 12.2 Å². The van der Waals surface area contributed by atoms with Gasteiger partial charge in [-0.05, 0) is 6.07 Å². The standard InChI is InChI=1S/C13H10FNO5/c14-1-2-15-5-8(13(17)18)12(16)7-3-10-11(4-9(7)15)20-6-19-10/h3-5H,1-2,6H2,(H,17,18). The molecule has 6 nitrogen and oxygen atoms in total. The predicted octanol–water partition coefficient (Wildman–Crippen LogP) is 1.40. The summed E-state index contributed by atoms with van der Waals surface area (Å²) < 4.78 is 24.4. The lowest BCUT2D eigenvalue weighted by Gasteiger charge is -2.11. The third kappa shape index (κ3) is 1.78. The molecule has 0 amide bonds. The Bertz CT molecular complexity index is 767. The Morgan fingerprint density at radius 2 is 2.05 bits per heavy atom. The van der Waals surface area contributed by atoms with Crippen molar-refractivity contribution in [1.82, 2.24) is 4.57 Å². The fraction of sp³-hybridized carbons (Fsp3) is 0.231. The molecular weight excluding hydrogens is 269 g/mol. The van der Waals surface area contributed by atoms with Crippen molar-refractivity contribution in [1.29, 1.82) is 0 Å². The van der Waals surface area contributed by atoms with Crippen molar-refractivity contribution in [3.8, 4) is 11.5 Å². The number of carboxylic acids is 1. The molecule has 2 heterocycles. The van der Waals surface area contributed by atoms with Crippen LogP contribution in [0.25, 0.3) is 10.9 Å². The monoisotopic (exact) mass is 279 g/mol. The molecule has 0 spiro atoms. The summed E-state index contributed by atoms with van der Waals surface area (Å²) in [5.41, 5.74) is -0.604. The molecule has 1 aliphatic rings. The number of aromatic nitrogens is 1. The Kier molecular flexibility index (Phi) is 2.81. The second-order valence-corrected chi connectivity index (χ2v) is 4.28. The number of aryl methyl sites for hydroxylation is 1. The van der Waals surface area contributed by atoms with Crippen LogP contribution in [0.4, 0.5) is 4.39 Å². The molecule has 0 unspecified atom stereocenters. The number of fused-ring (bicyclic) bond motifs is 2. The van der Waals surface area contributed by atoms with Crippen LogP contribution < -0.4 is 14.9 Å². The molecule has 0 aliphatic carbocycles. The van der Waals surface area contributed by atoms with Crippen molar-refractivity contribution >= 4 is 16.9 Å². The topological polar surface area (TPSA) is 77.8 Å². The number of rotatable bonds is 3. The number of ether oxygens (including phenoxy) is 2. The molecule has 20 heavy (non-hydrogen) atoms. The van der Waals surface area contributed by atoms with Crippen LogP contribution in [-0.4, -0.2) is 29.1 Å². The summed E-state index contributed by atoms with van der Waals surface area (Å²) in [6, 6.07) is 2.99. The number of benzene rings is 1. The van der Waals surface area contributed by atoms with Gasteiger partial charge in [-0.25, -0.2) is 9.18 Å². The molecule has 0 atom stereocenters. The first-order valence-corrected chi connectivity index (χ1v) is 5.88. The van der Waals surface area contributed by atoms with Crippen LogP contribution >= 0.6 is 0 Å². The van der Waals surface area contributed by atoms with Crippen molar-refractivity contribution < 1.29 is 23.8 Å². The fourth-order valence-electron chi connectivity index (χ4n) is 2.21. The largest absolute Gasteiger partial charge is 0.477 e. The smallest absolute Gasteiger partial charge is 0.341 e. The van der Waals surface area contributed by atoms with Crippen LogP contribution in [0.5, 0.6) is 11.5 Å². The summed E-state index contributed by atoms with van der Waals surface area (Å²) in [5, 5.41) is 9.22. The number of aromatic carboxylic acids is 1. The predicted molar refractivity (Wildman–Crippen MR) is 67.3 cm³/mol. The molecule has 3 rings (SSSR count). The SMILES string of the molecule is O=C(O)c1cn(CCF)c2cc3c(cc2c1=O)OCO3. The van der Waals surface area contributed by atoms with Crippen LogP contribution in [0.15, 0.2) is 23.1 Å². The minimum atomic E-state index is -1.35. The number of halogens is 1. The number of hydrogen-bond donors (Lipinski definition) is 1. The van der Waals surface area contributed by atoms with Gasteiger partial charge in [0, 0.05) is 12.3 Å². The summed E-state index contributed by atoms with van der Waals surface area (Å²) in [6.07, 6.45) is 1.15. The highest BCUT2D eigenvalue weighted by Crippen LogP contribution is 2.35. The molecular formula is C13H10FNO5. The van der Waals surface area contributed by atoms with Gasteiger partial charge in [0.15, 0.2) is 11.5 Å². The molecule has 0 fully saturated rings. The van der Waals surface area contributed by atoms with E-state index in [2.05, 4.69) is 0 Å². The number of alkyl halides is 1. The highest BCUT2D eigenvalue weighted by atomic mass is 19.1. The molecule has 1 aromatic carbocycles. The lowest BCUT2D eigenvalue weighted by molar-refractivity contribution is 0.0694. The van der Waals surface area contributed by atoms with Gasteiger partial charge in [-0.1, -0.05) is 0 Å². The maximum absolute atomic E-state index is 12.6. The fourth-order valence-corrected chi connectivity index (χ4v) is 2.21. The third-order valence-corrected chi connectivity index (χ3v) is 3.13. The number of pyridine rings is 1. The van der Waals surface area contributed by atoms with Crippen molar-refractivity contribution in [3.63, 3.8) is 0 Å². The Hall–Kier alpha value is -2.57. The van der Waals surface area contributed by atoms with E-state index in [1.165, 1.54) is 10.6 Å². The third-order valence-electron chi connectivity index (χ3n) is 3.13. The van der Waals surface area contributed by atoms with Crippen LogP contribution in [0.1, 0.15) is 10.4 Å².